The number of thiazole rings is 1. The number of nitrogens with zero attached hydrogens (tertiary/aromatic N) is 5. The second-order valence-corrected chi connectivity index (χ2v) is 12.1. The molecule has 2 saturated heterocycles. The maximum absolute atomic E-state index is 14.1. The Bertz CT molecular complexity index is 1670. The number of amides is 4. The maximum atomic E-state index is 14.1. The van der Waals surface area contributed by atoms with Crippen LogP contribution < -0.4 is 11.1 Å². The van der Waals surface area contributed by atoms with Crippen LogP contribution in [0.3, 0.4) is 0 Å². The van der Waals surface area contributed by atoms with Crippen LogP contribution in [0.1, 0.15) is 30.0 Å². The van der Waals surface area contributed by atoms with Crippen molar-refractivity contribution in [1.82, 2.24) is 30.1 Å². The van der Waals surface area contributed by atoms with Crippen LogP contribution in [0, 0.1) is 5.82 Å². The first-order valence-corrected chi connectivity index (χ1v) is 15.5. The van der Waals surface area contributed by atoms with Gasteiger partial charge in [0, 0.05) is 26.1 Å². The number of piperazine rings is 1. The summed E-state index contributed by atoms with van der Waals surface area (Å²) in [7, 11) is 0. The number of aromatic nitrogens is 1. The van der Waals surface area contributed by atoms with Crippen molar-refractivity contribution in [2.24, 2.45) is 0 Å². The molecule has 0 spiro atoms. The summed E-state index contributed by atoms with van der Waals surface area (Å²) in [6.45, 7) is 3.14. The second-order valence-electron chi connectivity index (χ2n) is 11.0. The highest BCUT2D eigenvalue weighted by atomic mass is 32.1. The number of benzene rings is 3. The van der Waals surface area contributed by atoms with Gasteiger partial charge in [-0.15, -0.1) is 0 Å². The molecule has 0 aliphatic carbocycles. The van der Waals surface area contributed by atoms with E-state index in [4.69, 9.17) is 5.73 Å². The molecular formula is C32H34FN7O3S. The first-order chi connectivity index (χ1) is 21.3. The number of para-hydroxylation sites is 1. The number of urea groups is 1. The predicted molar refractivity (Wildman–Crippen MR) is 166 cm³/mol. The zero-order chi connectivity index (χ0) is 30.8. The van der Waals surface area contributed by atoms with Crippen LogP contribution in [0.25, 0.3) is 10.2 Å². The summed E-state index contributed by atoms with van der Waals surface area (Å²) < 4.78 is 14.6. The van der Waals surface area contributed by atoms with Gasteiger partial charge in [-0.05, 0) is 41.3 Å². The van der Waals surface area contributed by atoms with Crippen LogP contribution in [-0.4, -0.2) is 74.5 Å². The third kappa shape index (κ3) is 5.95. The predicted octanol–water partition coefficient (Wildman–Crippen LogP) is 3.98. The monoisotopic (exact) mass is 615 g/mol. The lowest BCUT2D eigenvalue weighted by atomic mass is 10.00. The minimum Gasteiger partial charge on any atom is -0.375 e. The van der Waals surface area contributed by atoms with E-state index in [1.54, 1.807) is 32.0 Å². The van der Waals surface area contributed by atoms with Crippen molar-refractivity contribution < 1.29 is 18.8 Å². The lowest BCUT2D eigenvalue weighted by molar-refractivity contribution is -0.157. The van der Waals surface area contributed by atoms with Crippen LogP contribution in [-0.2, 0) is 29.1 Å². The lowest BCUT2D eigenvalue weighted by Gasteiger charge is -2.46. The fourth-order valence-electron chi connectivity index (χ4n) is 6.01. The Hall–Kier alpha value is -4.55. The average Bonchev–Trinajstić information content (AvgIpc) is 3.57. The molecule has 6 rings (SSSR count). The molecule has 2 aliphatic rings. The van der Waals surface area contributed by atoms with E-state index in [9.17, 15) is 18.8 Å². The van der Waals surface area contributed by atoms with Crippen LogP contribution in [0.5, 0.6) is 0 Å². The molecule has 10 nitrogen and oxygen atoms in total. The zero-order valence-corrected chi connectivity index (χ0v) is 25.2. The first-order valence-electron chi connectivity index (χ1n) is 14.7. The lowest BCUT2D eigenvalue weighted by Crippen LogP contribution is -2.66. The smallest absolute Gasteiger partial charge is 0.332 e. The van der Waals surface area contributed by atoms with E-state index in [-0.39, 0.29) is 49.7 Å². The molecule has 2 fully saturated rings. The number of nitrogens with one attached hydrogen (secondary N) is 1. The summed E-state index contributed by atoms with van der Waals surface area (Å²) in [6.07, 6.45) is 0.317. The van der Waals surface area contributed by atoms with Gasteiger partial charge < -0.3 is 20.9 Å². The third-order valence-electron chi connectivity index (χ3n) is 8.06. The molecule has 2 aliphatic heterocycles. The molecule has 44 heavy (non-hydrogen) atoms. The van der Waals surface area contributed by atoms with E-state index < -0.39 is 12.2 Å². The van der Waals surface area contributed by atoms with Crippen molar-refractivity contribution in [1.29, 1.82) is 0 Å². The number of halogens is 1. The van der Waals surface area contributed by atoms with Crippen molar-refractivity contribution in [3.8, 4) is 0 Å². The molecular weight excluding hydrogens is 581 g/mol. The van der Waals surface area contributed by atoms with Crippen molar-refractivity contribution in [3.05, 3.63) is 95.3 Å². The Labute approximate surface area is 258 Å². The quantitative estimate of drug-likeness (QED) is 0.295. The summed E-state index contributed by atoms with van der Waals surface area (Å²) in [5.41, 5.74) is 9.28. The number of rotatable bonds is 9. The van der Waals surface area contributed by atoms with Gasteiger partial charge in [0.1, 0.15) is 18.0 Å². The fourth-order valence-corrected chi connectivity index (χ4v) is 6.80. The van der Waals surface area contributed by atoms with Crippen LogP contribution in [0.2, 0.25) is 0 Å². The van der Waals surface area contributed by atoms with Gasteiger partial charge in [-0.3, -0.25) is 14.6 Å². The largest absolute Gasteiger partial charge is 0.375 e. The Balaban J connectivity index is 1.31. The molecule has 0 radical (unpaired) electrons. The van der Waals surface area contributed by atoms with E-state index >= 15 is 0 Å². The molecule has 2 atom stereocenters. The van der Waals surface area contributed by atoms with E-state index in [2.05, 4.69) is 10.3 Å². The van der Waals surface area contributed by atoms with Gasteiger partial charge in [0.15, 0.2) is 5.13 Å². The molecule has 4 aromatic rings. The molecule has 3 N–H and O–H groups in total. The van der Waals surface area contributed by atoms with Crippen molar-refractivity contribution in [2.45, 2.75) is 45.1 Å². The van der Waals surface area contributed by atoms with Gasteiger partial charge in [0.05, 0.1) is 23.3 Å². The van der Waals surface area contributed by atoms with Crippen LogP contribution in [0.4, 0.5) is 14.3 Å². The molecule has 3 aromatic carbocycles. The van der Waals surface area contributed by atoms with Crippen molar-refractivity contribution >= 4 is 44.5 Å². The van der Waals surface area contributed by atoms with Crippen molar-refractivity contribution in [3.63, 3.8) is 0 Å². The first kappa shape index (κ1) is 29.5. The molecule has 0 unspecified atom stereocenters. The minimum atomic E-state index is -0.827. The number of carbonyl (C=O) groups excluding carboxylic acids is 3. The van der Waals surface area contributed by atoms with E-state index in [0.29, 0.717) is 24.6 Å². The van der Waals surface area contributed by atoms with E-state index in [1.807, 2.05) is 55.5 Å². The normalized spacial score (nSPS) is 18.6. The topological polar surface area (TPSA) is 115 Å². The Kier molecular flexibility index (Phi) is 8.45. The summed E-state index contributed by atoms with van der Waals surface area (Å²) >= 11 is 1.38. The highest BCUT2D eigenvalue weighted by Gasteiger charge is 2.52. The number of anilines is 1. The summed E-state index contributed by atoms with van der Waals surface area (Å²) in [5, 5.41) is 6.81. The second kappa shape index (κ2) is 12.6. The van der Waals surface area contributed by atoms with Gasteiger partial charge in [0.25, 0.3) is 0 Å². The zero-order valence-electron chi connectivity index (χ0n) is 24.4. The highest BCUT2D eigenvalue weighted by molar-refractivity contribution is 7.22. The molecule has 228 valence electrons. The van der Waals surface area contributed by atoms with Gasteiger partial charge in [0.2, 0.25) is 11.8 Å². The Morgan fingerprint density at radius 2 is 1.84 bits per heavy atom. The number of nitrogen functional groups attached to an aromatic ring is 1. The minimum absolute atomic E-state index is 0.0390. The van der Waals surface area contributed by atoms with Gasteiger partial charge in [-0.1, -0.05) is 72.9 Å². The number of hydrogen-bond donors (Lipinski definition) is 2. The van der Waals surface area contributed by atoms with Crippen LogP contribution >= 0.6 is 11.3 Å². The number of hydrazine groups is 1. The molecule has 1 aromatic heterocycles. The SMILES string of the molecule is CCCN(C(=O)NCc1ccccc1)N1CC(=O)N2[C@@H](Cc3ccc(F)cc3)C(=O)N(Cc3cccc4sc(N)nc34)C[C@@H]21. The average molecular weight is 616 g/mol. The fraction of sp³-hybridized carbons (Fsp3) is 0.312. The number of fused-ring (bicyclic) bond motifs is 2. The molecule has 0 bridgehead atoms. The van der Waals surface area contributed by atoms with Crippen molar-refractivity contribution in [2.75, 3.05) is 25.4 Å². The number of hydrogen-bond acceptors (Lipinski definition) is 7. The van der Waals surface area contributed by atoms with Gasteiger partial charge >= 0.3 is 6.03 Å². The molecule has 3 heterocycles. The van der Waals surface area contributed by atoms with Gasteiger partial charge in [-0.2, -0.15) is 5.01 Å². The number of carbonyl (C=O) groups is 3. The molecule has 4 amide bonds. The van der Waals surface area contributed by atoms with E-state index in [1.165, 1.54) is 23.5 Å². The van der Waals surface area contributed by atoms with Crippen LogP contribution in [0.15, 0.2) is 72.8 Å². The Morgan fingerprint density at radius 3 is 2.59 bits per heavy atom. The Morgan fingerprint density at radius 1 is 1.07 bits per heavy atom. The summed E-state index contributed by atoms with van der Waals surface area (Å²) in [5.74, 6) is -0.822. The van der Waals surface area contributed by atoms with E-state index in [0.717, 1.165) is 26.9 Å². The standard InChI is InChI=1S/C32H34FN7O3S/c1-2-15-38(32(43)35-17-22-7-4-3-5-8-22)39-20-28(41)40-25(16-21-11-13-24(33)14-12-21)30(42)37(19-27(39)40)18-23-9-6-10-26-29(23)36-31(34)44-26/h3-14,25,27H,2,15-20H2,1H3,(H2,34,36)(H,35,43)/t25-,27+/m0/s1. The highest BCUT2D eigenvalue weighted by Crippen LogP contribution is 2.32. The van der Waals surface area contributed by atoms with Gasteiger partial charge in [-0.25, -0.2) is 14.2 Å². The molecule has 0 saturated carbocycles. The number of nitrogens with two attached hydrogens (primary N) is 1. The summed E-state index contributed by atoms with van der Waals surface area (Å²) in [6, 6.07) is 20.2. The molecule has 12 heteroatoms. The summed E-state index contributed by atoms with van der Waals surface area (Å²) in [4.78, 5) is 49.2. The maximum Gasteiger partial charge on any atom is 0.332 e. The third-order valence-corrected chi connectivity index (χ3v) is 8.91.